The number of hydrogen-bond donors (Lipinski definition) is 1. The number of nitrogens with zero attached hydrogens (tertiary/aromatic N) is 1. The van der Waals surface area contributed by atoms with Gasteiger partial charge in [-0.25, -0.2) is 8.78 Å². The highest BCUT2D eigenvalue weighted by molar-refractivity contribution is 5.97. The molecule has 2 aliphatic heterocycles. The normalized spacial score (nSPS) is 25.5. The molecule has 2 unspecified atom stereocenters. The van der Waals surface area contributed by atoms with Gasteiger partial charge in [0.25, 0.3) is 0 Å². The van der Waals surface area contributed by atoms with Crippen LogP contribution in [-0.2, 0) is 4.79 Å². The average molecular weight is 294 g/mol. The molecule has 0 radical (unpaired) electrons. The molecule has 1 amide bonds. The van der Waals surface area contributed by atoms with Crippen LogP contribution >= 0.6 is 0 Å². The Hall–Kier alpha value is -1.82. The fourth-order valence-electron chi connectivity index (χ4n) is 3.18. The monoisotopic (exact) mass is 294 g/mol. The number of nitrogens with one attached hydrogen (secondary N) is 1. The third kappa shape index (κ3) is 2.68. The highest BCUT2D eigenvalue weighted by Gasteiger charge is 2.41. The molecule has 21 heavy (non-hydrogen) atoms. The van der Waals surface area contributed by atoms with Gasteiger partial charge in [0.15, 0.2) is 17.4 Å². The van der Waals surface area contributed by atoms with Crippen LogP contribution in [0, 0.1) is 17.6 Å². The molecular weight excluding hydrogens is 278 g/mol. The van der Waals surface area contributed by atoms with Gasteiger partial charge in [0.2, 0.25) is 5.91 Å². The lowest BCUT2D eigenvalue weighted by Gasteiger charge is -2.35. The summed E-state index contributed by atoms with van der Waals surface area (Å²) in [7, 11) is 0. The summed E-state index contributed by atoms with van der Waals surface area (Å²) in [6, 6.07) is 3.21. The molecule has 1 aromatic rings. The second-order valence-electron chi connectivity index (χ2n) is 5.58. The van der Waals surface area contributed by atoms with E-state index in [-0.39, 0.29) is 35.8 Å². The van der Waals surface area contributed by atoms with Crippen molar-refractivity contribution in [1.29, 1.82) is 0 Å². The van der Waals surface area contributed by atoms with Crippen molar-refractivity contribution in [2.24, 2.45) is 5.92 Å². The molecule has 0 aromatic heterocycles. The van der Waals surface area contributed by atoms with E-state index in [1.54, 1.807) is 0 Å². The molecule has 112 valence electrons. The fourth-order valence-corrected chi connectivity index (χ4v) is 3.18. The Kier molecular flexibility index (Phi) is 3.71. The number of Topliss-reactive ketones (excluding diaryl/α,β-unsaturated/α-hetero) is 1. The molecule has 1 aromatic carbocycles. The van der Waals surface area contributed by atoms with E-state index in [2.05, 4.69) is 5.32 Å². The quantitative estimate of drug-likeness (QED) is 0.856. The Labute approximate surface area is 121 Å². The number of benzene rings is 1. The number of halogens is 2. The van der Waals surface area contributed by atoms with Crippen LogP contribution in [-0.4, -0.2) is 42.3 Å². The first-order valence-electron chi connectivity index (χ1n) is 7.06. The minimum absolute atomic E-state index is 0.0282. The van der Waals surface area contributed by atoms with Crippen LogP contribution in [0.3, 0.4) is 0 Å². The second-order valence-corrected chi connectivity index (χ2v) is 5.58. The fraction of sp³-hybridized carbons (Fsp3) is 0.467. The molecule has 0 bridgehead atoms. The lowest BCUT2D eigenvalue weighted by molar-refractivity contribution is -0.124. The number of piperidine rings is 1. The number of carbonyl (C=O) groups is 2. The molecule has 1 N–H and O–H groups in total. The molecule has 4 nitrogen and oxygen atoms in total. The minimum atomic E-state index is -1.02. The largest absolute Gasteiger partial charge is 0.354 e. The van der Waals surface area contributed by atoms with Gasteiger partial charge < -0.3 is 5.32 Å². The zero-order valence-corrected chi connectivity index (χ0v) is 11.4. The molecule has 2 fully saturated rings. The van der Waals surface area contributed by atoms with Crippen molar-refractivity contribution in [2.45, 2.75) is 18.9 Å². The highest BCUT2D eigenvalue weighted by Crippen LogP contribution is 2.27. The van der Waals surface area contributed by atoms with E-state index >= 15 is 0 Å². The third-order valence-corrected chi connectivity index (χ3v) is 4.30. The third-order valence-electron chi connectivity index (χ3n) is 4.30. The SMILES string of the molecule is O=C(CN1CCCC2C(=O)NCC21)c1ccc(F)c(F)c1. The number of carbonyl (C=O) groups excluding carboxylic acids is 2. The van der Waals surface area contributed by atoms with Crippen molar-refractivity contribution >= 4 is 11.7 Å². The number of rotatable bonds is 3. The zero-order chi connectivity index (χ0) is 15.0. The van der Waals surface area contributed by atoms with Crippen molar-refractivity contribution in [3.05, 3.63) is 35.4 Å². The van der Waals surface area contributed by atoms with E-state index in [0.29, 0.717) is 6.54 Å². The summed E-state index contributed by atoms with van der Waals surface area (Å²) in [5.41, 5.74) is 0.160. The first kappa shape index (κ1) is 14.1. The topological polar surface area (TPSA) is 49.4 Å². The summed E-state index contributed by atoms with van der Waals surface area (Å²) in [5.74, 6) is -2.25. The van der Waals surface area contributed by atoms with Gasteiger partial charge in [-0.05, 0) is 37.6 Å². The number of likely N-dealkylation sites (tertiary alicyclic amines) is 1. The maximum absolute atomic E-state index is 13.2. The van der Waals surface area contributed by atoms with Gasteiger partial charge in [-0.3, -0.25) is 14.5 Å². The van der Waals surface area contributed by atoms with Crippen LogP contribution < -0.4 is 5.32 Å². The van der Waals surface area contributed by atoms with Gasteiger partial charge in [0.1, 0.15) is 0 Å². The zero-order valence-electron chi connectivity index (χ0n) is 11.4. The molecule has 6 heteroatoms. The van der Waals surface area contributed by atoms with E-state index < -0.39 is 11.6 Å². The second kappa shape index (κ2) is 5.52. The van der Waals surface area contributed by atoms with Gasteiger partial charge in [0, 0.05) is 18.2 Å². The number of fused-ring (bicyclic) bond motifs is 1. The Morgan fingerprint density at radius 3 is 2.90 bits per heavy atom. The van der Waals surface area contributed by atoms with Crippen LogP contribution in [0.4, 0.5) is 8.78 Å². The van der Waals surface area contributed by atoms with Gasteiger partial charge >= 0.3 is 0 Å². The number of ketones is 1. The van der Waals surface area contributed by atoms with Crippen LogP contribution in [0.25, 0.3) is 0 Å². The highest BCUT2D eigenvalue weighted by atomic mass is 19.2. The molecule has 2 atom stereocenters. The van der Waals surface area contributed by atoms with Crippen molar-refractivity contribution < 1.29 is 18.4 Å². The predicted octanol–water partition coefficient (Wildman–Crippen LogP) is 1.36. The predicted molar refractivity (Wildman–Crippen MR) is 71.8 cm³/mol. The van der Waals surface area contributed by atoms with Crippen molar-refractivity contribution in [2.75, 3.05) is 19.6 Å². The van der Waals surface area contributed by atoms with E-state index in [9.17, 15) is 18.4 Å². The van der Waals surface area contributed by atoms with Gasteiger partial charge in [-0.1, -0.05) is 0 Å². The Balaban J connectivity index is 1.72. The van der Waals surface area contributed by atoms with E-state index in [0.717, 1.165) is 31.5 Å². The molecule has 0 saturated carbocycles. The maximum Gasteiger partial charge on any atom is 0.224 e. The van der Waals surface area contributed by atoms with Crippen LogP contribution in [0.5, 0.6) is 0 Å². The minimum Gasteiger partial charge on any atom is -0.354 e. The standard InChI is InChI=1S/C15H16F2N2O2/c16-11-4-3-9(6-12(11)17)14(20)8-19-5-1-2-10-13(19)7-18-15(10)21/h3-4,6,10,13H,1-2,5,7-8H2,(H,18,21). The van der Waals surface area contributed by atoms with Crippen molar-refractivity contribution in [3.63, 3.8) is 0 Å². The first-order chi connectivity index (χ1) is 10.1. The summed E-state index contributed by atoms with van der Waals surface area (Å²) in [5, 5.41) is 2.82. The Morgan fingerprint density at radius 2 is 2.14 bits per heavy atom. The van der Waals surface area contributed by atoms with E-state index in [4.69, 9.17) is 0 Å². The Bertz CT molecular complexity index is 591. The lowest BCUT2D eigenvalue weighted by atomic mass is 9.91. The summed E-state index contributed by atoms with van der Waals surface area (Å²) < 4.78 is 26.1. The molecule has 0 spiro atoms. The summed E-state index contributed by atoms with van der Waals surface area (Å²) in [6.45, 7) is 1.42. The molecule has 3 rings (SSSR count). The van der Waals surface area contributed by atoms with Crippen LogP contribution in [0.15, 0.2) is 18.2 Å². The molecule has 2 aliphatic rings. The van der Waals surface area contributed by atoms with Crippen LogP contribution in [0.1, 0.15) is 23.2 Å². The van der Waals surface area contributed by atoms with Crippen LogP contribution in [0.2, 0.25) is 0 Å². The summed E-state index contributed by atoms with van der Waals surface area (Å²) in [4.78, 5) is 25.9. The number of hydrogen-bond acceptors (Lipinski definition) is 3. The van der Waals surface area contributed by atoms with E-state index in [1.165, 1.54) is 6.07 Å². The number of amides is 1. The summed E-state index contributed by atoms with van der Waals surface area (Å²) >= 11 is 0. The molecular formula is C15H16F2N2O2. The average Bonchev–Trinajstić information content (AvgIpc) is 2.85. The first-order valence-corrected chi connectivity index (χ1v) is 7.06. The van der Waals surface area contributed by atoms with Gasteiger partial charge in [0.05, 0.1) is 12.5 Å². The van der Waals surface area contributed by atoms with Crippen molar-refractivity contribution in [1.82, 2.24) is 10.2 Å². The van der Waals surface area contributed by atoms with E-state index in [1.807, 2.05) is 4.90 Å². The Morgan fingerprint density at radius 1 is 1.33 bits per heavy atom. The van der Waals surface area contributed by atoms with Crippen molar-refractivity contribution in [3.8, 4) is 0 Å². The van der Waals surface area contributed by atoms with Gasteiger partial charge in [-0.2, -0.15) is 0 Å². The maximum atomic E-state index is 13.2. The lowest BCUT2D eigenvalue weighted by Crippen LogP contribution is -2.47. The smallest absolute Gasteiger partial charge is 0.224 e. The molecule has 2 saturated heterocycles. The molecule has 2 heterocycles. The van der Waals surface area contributed by atoms with Gasteiger partial charge in [-0.15, -0.1) is 0 Å². The summed E-state index contributed by atoms with van der Waals surface area (Å²) in [6.07, 6.45) is 1.70. The molecule has 0 aliphatic carbocycles.